The topological polar surface area (TPSA) is 130 Å². The highest BCUT2D eigenvalue weighted by molar-refractivity contribution is 5.99. The summed E-state index contributed by atoms with van der Waals surface area (Å²) < 4.78 is 0. The fraction of sp³-hybridized carbons (Fsp3) is 0.364. The van der Waals surface area contributed by atoms with Crippen LogP contribution in [0.4, 0.5) is 11.4 Å². The maximum Gasteiger partial charge on any atom is 0.282 e. The molecule has 1 amide bonds. The predicted molar refractivity (Wildman–Crippen MR) is 65.4 cm³/mol. The van der Waals surface area contributed by atoms with Crippen molar-refractivity contribution >= 4 is 17.3 Å². The molecule has 1 aromatic rings. The van der Waals surface area contributed by atoms with E-state index >= 15 is 0 Å². The molecule has 0 spiro atoms. The summed E-state index contributed by atoms with van der Waals surface area (Å²) in [7, 11) is 0. The van der Waals surface area contributed by atoms with Crippen molar-refractivity contribution in [2.45, 2.75) is 12.2 Å². The van der Waals surface area contributed by atoms with Crippen LogP contribution in [0.3, 0.4) is 0 Å². The number of aliphatic hydroxyl groups excluding tert-OH is 2. The average Bonchev–Trinajstić information content (AvgIpc) is 2.68. The van der Waals surface area contributed by atoms with Gasteiger partial charge in [0.1, 0.15) is 5.56 Å². The number of nitrogen functional groups attached to an aromatic ring is 1. The Morgan fingerprint density at radius 2 is 1.95 bits per heavy atom. The van der Waals surface area contributed by atoms with Crippen molar-refractivity contribution in [2.24, 2.45) is 0 Å². The van der Waals surface area contributed by atoms with E-state index in [0.29, 0.717) is 0 Å². The SMILES string of the molecule is Nc1ccc([N+](=O)[O-])c(C(=O)N2CC(O)C(O)C2)c1. The standard InChI is InChI=1S/C11H13N3O5/c12-6-1-2-8(14(18)19)7(3-6)11(17)13-4-9(15)10(16)5-13/h1-3,9-10,15-16H,4-5,12H2. The van der Waals surface area contributed by atoms with Crippen LogP contribution in [-0.2, 0) is 0 Å². The minimum atomic E-state index is -1.04. The first-order valence-corrected chi connectivity index (χ1v) is 5.59. The number of rotatable bonds is 2. The molecule has 2 rings (SSSR count). The Morgan fingerprint density at radius 3 is 2.47 bits per heavy atom. The van der Waals surface area contributed by atoms with Gasteiger partial charge in [0.15, 0.2) is 0 Å². The normalized spacial score (nSPS) is 22.5. The summed E-state index contributed by atoms with van der Waals surface area (Å²) in [5.41, 5.74) is 5.26. The zero-order valence-electron chi connectivity index (χ0n) is 9.89. The number of nitro groups is 1. The van der Waals surface area contributed by atoms with Crippen LogP contribution in [0, 0.1) is 10.1 Å². The molecule has 2 atom stereocenters. The highest BCUT2D eigenvalue weighted by atomic mass is 16.6. The number of nitrogens with two attached hydrogens (primary N) is 1. The fourth-order valence-electron chi connectivity index (χ4n) is 1.99. The molecule has 8 heteroatoms. The van der Waals surface area contributed by atoms with Gasteiger partial charge in [-0.25, -0.2) is 0 Å². The van der Waals surface area contributed by atoms with E-state index in [4.69, 9.17) is 5.73 Å². The van der Waals surface area contributed by atoms with E-state index in [2.05, 4.69) is 0 Å². The molecular weight excluding hydrogens is 254 g/mol. The second-order valence-corrected chi connectivity index (χ2v) is 4.38. The number of hydrogen-bond acceptors (Lipinski definition) is 6. The van der Waals surface area contributed by atoms with Crippen LogP contribution in [0.15, 0.2) is 18.2 Å². The van der Waals surface area contributed by atoms with Gasteiger partial charge in [0.2, 0.25) is 0 Å². The second kappa shape index (κ2) is 4.82. The van der Waals surface area contributed by atoms with E-state index in [1.807, 2.05) is 0 Å². The lowest BCUT2D eigenvalue weighted by molar-refractivity contribution is -0.385. The van der Waals surface area contributed by atoms with Crippen molar-refractivity contribution in [3.05, 3.63) is 33.9 Å². The number of likely N-dealkylation sites (tertiary alicyclic amines) is 1. The van der Waals surface area contributed by atoms with Gasteiger partial charge in [0, 0.05) is 24.8 Å². The van der Waals surface area contributed by atoms with E-state index in [-0.39, 0.29) is 30.0 Å². The largest absolute Gasteiger partial charge is 0.399 e. The number of anilines is 1. The smallest absolute Gasteiger partial charge is 0.282 e. The van der Waals surface area contributed by atoms with Crippen molar-refractivity contribution in [1.29, 1.82) is 0 Å². The molecule has 1 fully saturated rings. The molecule has 1 saturated heterocycles. The second-order valence-electron chi connectivity index (χ2n) is 4.38. The molecule has 1 aliphatic heterocycles. The minimum absolute atomic E-state index is 0.0635. The molecule has 1 heterocycles. The maximum atomic E-state index is 12.2. The van der Waals surface area contributed by atoms with E-state index in [0.717, 1.165) is 11.0 Å². The fourth-order valence-corrected chi connectivity index (χ4v) is 1.99. The number of nitro benzene ring substituents is 1. The van der Waals surface area contributed by atoms with Gasteiger partial charge >= 0.3 is 0 Å². The summed E-state index contributed by atoms with van der Waals surface area (Å²) in [5, 5.41) is 29.7. The number of hydrogen-bond donors (Lipinski definition) is 3. The van der Waals surface area contributed by atoms with Gasteiger partial charge in [-0.15, -0.1) is 0 Å². The minimum Gasteiger partial charge on any atom is -0.399 e. The molecule has 2 unspecified atom stereocenters. The Morgan fingerprint density at radius 1 is 1.37 bits per heavy atom. The summed E-state index contributed by atoms with van der Waals surface area (Å²) in [6.45, 7) is -0.127. The number of β-amino-alcohol motifs (C(OH)–C–C–N with tert-alkyl or cyclic N) is 2. The van der Waals surface area contributed by atoms with Gasteiger partial charge in [-0.2, -0.15) is 0 Å². The lowest BCUT2D eigenvalue weighted by Crippen LogP contribution is -2.30. The lowest BCUT2D eigenvalue weighted by atomic mass is 10.1. The zero-order valence-corrected chi connectivity index (χ0v) is 9.89. The Hall–Kier alpha value is -2.19. The molecule has 0 aliphatic carbocycles. The summed E-state index contributed by atoms with van der Waals surface area (Å²) in [6.07, 6.45) is -2.08. The number of amides is 1. The number of carbonyl (C=O) groups is 1. The van der Waals surface area contributed by atoms with E-state index in [9.17, 15) is 25.1 Å². The lowest BCUT2D eigenvalue weighted by Gasteiger charge is -2.15. The van der Waals surface area contributed by atoms with Gasteiger partial charge in [-0.3, -0.25) is 14.9 Å². The first-order chi connectivity index (χ1) is 8.90. The molecule has 0 bridgehead atoms. The third-order valence-electron chi connectivity index (χ3n) is 2.99. The zero-order chi connectivity index (χ0) is 14.2. The van der Waals surface area contributed by atoms with Gasteiger partial charge in [0.05, 0.1) is 17.1 Å². The van der Waals surface area contributed by atoms with Crippen LogP contribution >= 0.6 is 0 Å². The monoisotopic (exact) mass is 267 g/mol. The predicted octanol–water partition coefficient (Wildman–Crippen LogP) is -0.645. The Labute approximate surface area is 108 Å². The Kier molecular flexibility index (Phi) is 3.36. The number of nitrogens with zero attached hydrogens (tertiary/aromatic N) is 2. The summed E-state index contributed by atoms with van der Waals surface area (Å²) >= 11 is 0. The van der Waals surface area contributed by atoms with Gasteiger partial charge in [-0.05, 0) is 12.1 Å². The molecule has 1 aromatic carbocycles. The molecule has 102 valence electrons. The molecule has 4 N–H and O–H groups in total. The molecule has 1 aliphatic rings. The van der Waals surface area contributed by atoms with Crippen molar-refractivity contribution in [2.75, 3.05) is 18.8 Å². The van der Waals surface area contributed by atoms with Crippen molar-refractivity contribution in [3.63, 3.8) is 0 Å². The number of benzene rings is 1. The molecule has 19 heavy (non-hydrogen) atoms. The average molecular weight is 267 g/mol. The number of carbonyl (C=O) groups excluding carboxylic acids is 1. The van der Waals surface area contributed by atoms with E-state index in [1.54, 1.807) is 0 Å². The quantitative estimate of drug-likeness (QED) is 0.371. The molecule has 0 aromatic heterocycles. The summed E-state index contributed by atoms with van der Waals surface area (Å²) in [5.74, 6) is -0.630. The van der Waals surface area contributed by atoms with Gasteiger partial charge in [-0.1, -0.05) is 0 Å². The first kappa shape index (κ1) is 13.2. The molecular formula is C11H13N3O5. The van der Waals surface area contributed by atoms with Crippen molar-refractivity contribution in [3.8, 4) is 0 Å². The van der Waals surface area contributed by atoms with Crippen LogP contribution < -0.4 is 5.73 Å². The third-order valence-corrected chi connectivity index (χ3v) is 2.99. The highest BCUT2D eigenvalue weighted by Gasteiger charge is 2.35. The Balaban J connectivity index is 2.33. The van der Waals surface area contributed by atoms with Crippen LogP contribution in [0.1, 0.15) is 10.4 Å². The van der Waals surface area contributed by atoms with Crippen molar-refractivity contribution in [1.82, 2.24) is 4.90 Å². The van der Waals surface area contributed by atoms with Crippen LogP contribution in [0.2, 0.25) is 0 Å². The molecule has 8 nitrogen and oxygen atoms in total. The van der Waals surface area contributed by atoms with Crippen LogP contribution in [-0.4, -0.2) is 51.2 Å². The number of aliphatic hydroxyl groups is 2. The maximum absolute atomic E-state index is 12.2. The van der Waals surface area contributed by atoms with E-state index in [1.165, 1.54) is 12.1 Å². The van der Waals surface area contributed by atoms with Crippen molar-refractivity contribution < 1.29 is 19.9 Å². The summed E-state index contributed by atoms with van der Waals surface area (Å²) in [6, 6.07) is 3.71. The highest BCUT2D eigenvalue weighted by Crippen LogP contribution is 2.24. The van der Waals surface area contributed by atoms with Crippen LogP contribution in [0.5, 0.6) is 0 Å². The van der Waals surface area contributed by atoms with Crippen LogP contribution in [0.25, 0.3) is 0 Å². The third kappa shape index (κ3) is 2.49. The Bertz CT molecular complexity index is 523. The molecule has 0 radical (unpaired) electrons. The molecule has 0 saturated carbocycles. The first-order valence-electron chi connectivity index (χ1n) is 5.59. The van der Waals surface area contributed by atoms with Gasteiger partial charge in [0.25, 0.3) is 11.6 Å². The summed E-state index contributed by atoms with van der Waals surface area (Å²) in [4.78, 5) is 23.5. The van der Waals surface area contributed by atoms with Gasteiger partial charge < -0.3 is 20.8 Å². The van der Waals surface area contributed by atoms with E-state index < -0.39 is 23.0 Å².